The van der Waals surface area contributed by atoms with Crippen molar-refractivity contribution in [2.24, 2.45) is 9.98 Å². The van der Waals surface area contributed by atoms with Gasteiger partial charge in [0.05, 0.1) is 22.5 Å². The van der Waals surface area contributed by atoms with Crippen molar-refractivity contribution in [2.75, 3.05) is 0 Å². The Labute approximate surface area is 187 Å². The van der Waals surface area contributed by atoms with Crippen LogP contribution in [0.15, 0.2) is 70.6 Å². The molecular weight excluding hydrogens is 402 g/mol. The van der Waals surface area contributed by atoms with E-state index in [1.807, 2.05) is 52.0 Å². The van der Waals surface area contributed by atoms with E-state index in [2.05, 4.69) is 9.98 Å². The van der Waals surface area contributed by atoms with E-state index >= 15 is 0 Å². The molecule has 1 aliphatic heterocycles. The maximum absolute atomic E-state index is 13.0. The van der Waals surface area contributed by atoms with Gasteiger partial charge in [0.1, 0.15) is 11.5 Å². The number of phenolic OH excluding ortho intramolecular Hbond substituents is 2. The Morgan fingerprint density at radius 2 is 1.09 bits per heavy atom. The lowest BCUT2D eigenvalue weighted by Crippen LogP contribution is -2.41. The molecule has 32 heavy (non-hydrogen) atoms. The van der Waals surface area contributed by atoms with Crippen LogP contribution < -0.4 is 0 Å². The van der Waals surface area contributed by atoms with Crippen LogP contribution in [0.5, 0.6) is 11.5 Å². The second kappa shape index (κ2) is 7.89. The van der Waals surface area contributed by atoms with Gasteiger partial charge in [-0.2, -0.15) is 0 Å². The normalized spacial score (nSPS) is 17.3. The predicted molar refractivity (Wildman–Crippen MR) is 126 cm³/mol. The van der Waals surface area contributed by atoms with Gasteiger partial charge in [-0.1, -0.05) is 24.3 Å². The van der Waals surface area contributed by atoms with Crippen molar-refractivity contribution in [1.29, 1.82) is 0 Å². The Balaban J connectivity index is 1.86. The maximum Gasteiger partial charge on any atom is 0.124 e. The summed E-state index contributed by atoms with van der Waals surface area (Å²) in [6.45, 7) is 7.59. The Morgan fingerprint density at radius 1 is 0.719 bits per heavy atom. The van der Waals surface area contributed by atoms with Crippen LogP contribution in [0.25, 0.3) is 0 Å². The average molecular weight is 429 g/mol. The summed E-state index contributed by atoms with van der Waals surface area (Å²) in [5.41, 5.74) is 2.63. The fourth-order valence-electron chi connectivity index (χ4n) is 4.19. The molecule has 6 heteroatoms. The van der Waals surface area contributed by atoms with Gasteiger partial charge in [-0.3, -0.25) is 9.98 Å². The first-order valence-corrected chi connectivity index (χ1v) is 10.4. The summed E-state index contributed by atoms with van der Waals surface area (Å²) in [5.74, 6) is 0.257. The molecule has 1 heterocycles. The van der Waals surface area contributed by atoms with Crippen LogP contribution in [0.2, 0.25) is 0 Å². The van der Waals surface area contributed by atoms with Crippen LogP contribution >= 0.6 is 0 Å². The average Bonchev–Trinajstić information content (AvgIpc) is 2.89. The van der Waals surface area contributed by atoms with E-state index in [0.717, 1.165) is 16.2 Å². The van der Waals surface area contributed by atoms with Gasteiger partial charge in [0.2, 0.25) is 0 Å². The van der Waals surface area contributed by atoms with Crippen molar-refractivity contribution in [3.8, 4) is 11.5 Å². The Morgan fingerprint density at radius 3 is 1.47 bits per heavy atom. The lowest BCUT2D eigenvalue weighted by Gasteiger charge is -2.32. The molecule has 1 aliphatic rings. The molecule has 1 radical (unpaired) electrons. The third-order valence-electron chi connectivity index (χ3n) is 6.01. The highest BCUT2D eigenvalue weighted by atomic mass is 16.5. The largest absolute Gasteiger partial charge is 0.507 e. The molecule has 4 rings (SSSR count). The molecule has 163 valence electrons. The number of hydrogen-bond acceptors (Lipinski definition) is 5. The van der Waals surface area contributed by atoms with E-state index in [1.54, 1.807) is 48.8 Å². The van der Waals surface area contributed by atoms with Gasteiger partial charge < -0.3 is 10.2 Å². The molecule has 3 aromatic rings. The minimum absolute atomic E-state index is 0.129. The van der Waals surface area contributed by atoms with Gasteiger partial charge in [0.25, 0.3) is 0 Å². The van der Waals surface area contributed by atoms with Crippen LogP contribution in [0.3, 0.4) is 0 Å². The van der Waals surface area contributed by atoms with Gasteiger partial charge in [0.15, 0.2) is 0 Å². The van der Waals surface area contributed by atoms with Gasteiger partial charge in [-0.15, -0.1) is 10.3 Å². The van der Waals surface area contributed by atoms with Crippen molar-refractivity contribution in [3.63, 3.8) is 0 Å². The fourth-order valence-corrected chi connectivity index (χ4v) is 4.19. The van der Waals surface area contributed by atoms with E-state index in [1.165, 1.54) is 0 Å². The molecule has 0 saturated carbocycles. The molecule has 0 spiro atoms. The summed E-state index contributed by atoms with van der Waals surface area (Å²) in [5, 5.41) is 34.3. The minimum Gasteiger partial charge on any atom is -0.507 e. The molecule has 0 bridgehead atoms. The summed E-state index contributed by atoms with van der Waals surface area (Å²) in [7, 11) is 0. The Bertz CT molecular complexity index is 1130. The molecule has 2 N–H and O–H groups in total. The molecule has 6 nitrogen and oxygen atoms in total. The summed E-state index contributed by atoms with van der Waals surface area (Å²) in [4.78, 5) is 9.21. The van der Waals surface area contributed by atoms with E-state index in [9.17, 15) is 15.4 Å². The first-order valence-electron chi connectivity index (χ1n) is 10.4. The summed E-state index contributed by atoms with van der Waals surface area (Å²) in [6, 6.07) is 17.7. The summed E-state index contributed by atoms with van der Waals surface area (Å²) in [6.07, 6.45) is 3.16. The molecule has 0 aliphatic carbocycles. The quantitative estimate of drug-likeness (QED) is 0.520. The first kappa shape index (κ1) is 21.7. The topological polar surface area (TPSA) is 88.3 Å². The molecule has 3 aromatic carbocycles. The third kappa shape index (κ3) is 3.68. The number of nitrogens with zero attached hydrogens (tertiary/aromatic N) is 3. The molecule has 0 amide bonds. The predicted octanol–water partition coefficient (Wildman–Crippen LogP) is 5.73. The number of hydrogen-bond donors (Lipinski definition) is 2. The van der Waals surface area contributed by atoms with E-state index in [-0.39, 0.29) is 11.5 Å². The second-order valence-electron chi connectivity index (χ2n) is 8.93. The molecular formula is C26H26N3O3. The second-order valence-corrected chi connectivity index (χ2v) is 8.93. The van der Waals surface area contributed by atoms with Crippen LogP contribution in [0, 0.1) is 0 Å². The number of benzene rings is 3. The zero-order valence-electron chi connectivity index (χ0n) is 18.6. The summed E-state index contributed by atoms with van der Waals surface area (Å²) < 4.78 is 0. The highest BCUT2D eigenvalue weighted by molar-refractivity contribution is 5.89. The molecule has 0 aromatic heterocycles. The van der Waals surface area contributed by atoms with Crippen molar-refractivity contribution in [2.45, 2.75) is 38.8 Å². The number of para-hydroxylation sites is 2. The van der Waals surface area contributed by atoms with E-state index in [4.69, 9.17) is 0 Å². The van der Waals surface area contributed by atoms with Gasteiger partial charge in [0, 0.05) is 23.6 Å². The minimum atomic E-state index is -0.724. The Kier molecular flexibility index (Phi) is 5.36. The van der Waals surface area contributed by atoms with Crippen LogP contribution in [0.1, 0.15) is 49.9 Å². The van der Waals surface area contributed by atoms with E-state index in [0.29, 0.717) is 22.5 Å². The van der Waals surface area contributed by atoms with Gasteiger partial charge in [-0.05, 0) is 75.2 Å². The van der Waals surface area contributed by atoms with Crippen molar-refractivity contribution < 1.29 is 15.4 Å². The fraction of sp³-hybridized carbons (Fsp3) is 0.231. The number of aromatic hydroxyl groups is 2. The smallest absolute Gasteiger partial charge is 0.124 e. The van der Waals surface area contributed by atoms with Gasteiger partial charge in [-0.25, -0.2) is 0 Å². The third-order valence-corrected chi connectivity index (χ3v) is 6.01. The highest BCUT2D eigenvalue weighted by Crippen LogP contribution is 2.51. The lowest BCUT2D eigenvalue weighted by atomic mass is 9.89. The zero-order chi connectivity index (χ0) is 23.1. The van der Waals surface area contributed by atoms with Gasteiger partial charge >= 0.3 is 0 Å². The monoisotopic (exact) mass is 428 g/mol. The van der Waals surface area contributed by atoms with Crippen LogP contribution in [0.4, 0.5) is 11.4 Å². The zero-order valence-corrected chi connectivity index (χ0v) is 18.6. The molecule has 0 saturated heterocycles. The van der Waals surface area contributed by atoms with E-state index < -0.39 is 11.1 Å². The standard InChI is InChI=1S/C26H26N3O3/c1-25(2)19-13-21(27-15-17-9-5-7-11-23(17)30)22(14-20(19)26(3,4)29(25)32)28-16-18-10-6-8-12-24(18)31/h5-16,30-31H,1-4H3. The van der Waals surface area contributed by atoms with Crippen LogP contribution in [-0.4, -0.2) is 27.7 Å². The highest BCUT2D eigenvalue weighted by Gasteiger charge is 2.50. The SMILES string of the molecule is CC1(C)c2cc(N=Cc3ccccc3O)c(N=Cc3ccccc3O)cc2C(C)(C)N1[O]. The molecule has 0 unspecified atom stereocenters. The molecule has 0 fully saturated rings. The summed E-state index contributed by atoms with van der Waals surface area (Å²) >= 11 is 0. The van der Waals surface area contributed by atoms with Crippen molar-refractivity contribution in [3.05, 3.63) is 82.9 Å². The lowest BCUT2D eigenvalue weighted by molar-refractivity contribution is -0.266. The number of aliphatic imine (C=N–C) groups is 2. The van der Waals surface area contributed by atoms with Crippen molar-refractivity contribution >= 4 is 23.8 Å². The van der Waals surface area contributed by atoms with Crippen molar-refractivity contribution in [1.82, 2.24) is 5.06 Å². The number of rotatable bonds is 4. The van der Waals surface area contributed by atoms with Crippen LogP contribution in [-0.2, 0) is 16.3 Å². The number of fused-ring (bicyclic) bond motifs is 1. The number of hydroxylamine groups is 2. The first-order chi connectivity index (χ1) is 15.1. The number of phenols is 2. The maximum atomic E-state index is 13.0. The molecule has 0 atom stereocenters. The Hall–Kier alpha value is -3.48.